The van der Waals surface area contributed by atoms with Crippen LogP contribution < -0.4 is 0 Å². The molecule has 0 saturated carbocycles. The summed E-state index contributed by atoms with van der Waals surface area (Å²) in [5, 5.41) is 0.766. The predicted molar refractivity (Wildman–Crippen MR) is 83.3 cm³/mol. The van der Waals surface area contributed by atoms with Crippen LogP contribution in [0.2, 0.25) is 5.02 Å². The number of rotatable bonds is 3. The Morgan fingerprint density at radius 2 is 1.47 bits per heavy atom. The second kappa shape index (κ2) is 7.02. The highest BCUT2D eigenvalue weighted by Crippen LogP contribution is 2.21. The molecule has 1 heteroatoms. The average Bonchev–Trinajstić information content (AvgIpc) is 2.45. The molecule has 2 aromatic carbocycles. The van der Waals surface area contributed by atoms with Crippen molar-refractivity contribution in [1.29, 1.82) is 0 Å². The lowest BCUT2D eigenvalue weighted by Gasteiger charge is -2.01. The van der Waals surface area contributed by atoms with Crippen molar-refractivity contribution in [2.24, 2.45) is 0 Å². The van der Waals surface area contributed by atoms with Crippen molar-refractivity contribution in [1.82, 2.24) is 0 Å². The SMILES string of the molecule is CCCCC#Cc1ccc(-c2ccc(Cl)cc2)cc1. The highest BCUT2D eigenvalue weighted by atomic mass is 35.5. The molecule has 0 saturated heterocycles. The second-order valence-electron chi connectivity index (χ2n) is 4.49. The van der Waals surface area contributed by atoms with Gasteiger partial charge in [0.1, 0.15) is 0 Å². The molecule has 96 valence electrons. The standard InChI is InChI=1S/C18H17Cl/c1-2-3-4-5-6-15-7-9-16(10-8-15)17-11-13-18(19)14-12-17/h7-14H,2-4H2,1H3. The van der Waals surface area contributed by atoms with Gasteiger partial charge in [0.05, 0.1) is 0 Å². The first-order valence-electron chi connectivity index (χ1n) is 6.64. The molecule has 0 aromatic heterocycles. The Morgan fingerprint density at radius 1 is 0.895 bits per heavy atom. The van der Waals surface area contributed by atoms with Gasteiger partial charge in [-0.25, -0.2) is 0 Å². The third kappa shape index (κ3) is 4.16. The van der Waals surface area contributed by atoms with Gasteiger partial charge < -0.3 is 0 Å². The summed E-state index contributed by atoms with van der Waals surface area (Å²) in [6.45, 7) is 2.18. The van der Waals surface area contributed by atoms with Gasteiger partial charge in [-0.15, -0.1) is 0 Å². The topological polar surface area (TPSA) is 0 Å². The number of hydrogen-bond acceptors (Lipinski definition) is 0. The summed E-state index contributed by atoms with van der Waals surface area (Å²) < 4.78 is 0. The Labute approximate surface area is 120 Å². The summed E-state index contributed by atoms with van der Waals surface area (Å²) in [5.74, 6) is 6.40. The first kappa shape index (κ1) is 13.7. The van der Waals surface area contributed by atoms with E-state index in [0.717, 1.165) is 17.0 Å². The summed E-state index contributed by atoms with van der Waals surface area (Å²) >= 11 is 5.89. The third-order valence-corrected chi connectivity index (χ3v) is 3.20. The van der Waals surface area contributed by atoms with Gasteiger partial charge in [0.2, 0.25) is 0 Å². The highest BCUT2D eigenvalue weighted by molar-refractivity contribution is 6.30. The molecule has 0 spiro atoms. The quantitative estimate of drug-likeness (QED) is 0.506. The second-order valence-corrected chi connectivity index (χ2v) is 4.93. The van der Waals surface area contributed by atoms with Gasteiger partial charge in [0, 0.05) is 17.0 Å². The molecular formula is C18H17Cl. The monoisotopic (exact) mass is 268 g/mol. The van der Waals surface area contributed by atoms with Crippen LogP contribution in [0, 0.1) is 11.8 Å². The molecule has 0 aliphatic heterocycles. The van der Waals surface area contributed by atoms with Crippen LogP contribution in [0.5, 0.6) is 0 Å². The van der Waals surface area contributed by atoms with E-state index in [0.29, 0.717) is 0 Å². The first-order valence-corrected chi connectivity index (χ1v) is 7.02. The van der Waals surface area contributed by atoms with Gasteiger partial charge >= 0.3 is 0 Å². The predicted octanol–water partition coefficient (Wildman–Crippen LogP) is 5.55. The maximum absolute atomic E-state index is 5.89. The van der Waals surface area contributed by atoms with Gasteiger partial charge in [-0.05, 0) is 41.8 Å². The Morgan fingerprint density at radius 3 is 2.05 bits per heavy atom. The summed E-state index contributed by atoms with van der Waals surface area (Å²) in [4.78, 5) is 0. The largest absolute Gasteiger partial charge is 0.0979 e. The molecule has 0 N–H and O–H groups in total. The minimum atomic E-state index is 0.766. The van der Waals surface area contributed by atoms with Crippen LogP contribution in [-0.4, -0.2) is 0 Å². The normalized spacial score (nSPS) is 9.79. The molecule has 2 aromatic rings. The average molecular weight is 269 g/mol. The fourth-order valence-corrected chi connectivity index (χ4v) is 1.94. The molecule has 0 atom stereocenters. The minimum Gasteiger partial charge on any atom is -0.0979 e. The molecule has 2 rings (SSSR count). The van der Waals surface area contributed by atoms with E-state index in [1.807, 2.05) is 24.3 Å². The maximum Gasteiger partial charge on any atom is 0.0406 e. The van der Waals surface area contributed by atoms with Crippen LogP contribution in [0.25, 0.3) is 11.1 Å². The molecule has 0 nitrogen and oxygen atoms in total. The first-order chi connectivity index (χ1) is 9.29. The van der Waals surface area contributed by atoms with Crippen molar-refractivity contribution in [3.05, 3.63) is 59.1 Å². The number of hydrogen-bond donors (Lipinski definition) is 0. The number of unbranched alkanes of at least 4 members (excludes halogenated alkanes) is 2. The fraction of sp³-hybridized carbons (Fsp3) is 0.222. The van der Waals surface area contributed by atoms with Crippen LogP contribution in [0.15, 0.2) is 48.5 Å². The van der Waals surface area contributed by atoms with E-state index in [4.69, 9.17) is 11.6 Å². The van der Waals surface area contributed by atoms with Gasteiger partial charge in [0.15, 0.2) is 0 Å². The smallest absolute Gasteiger partial charge is 0.0406 e. The van der Waals surface area contributed by atoms with Crippen molar-refractivity contribution in [3.63, 3.8) is 0 Å². The van der Waals surface area contributed by atoms with E-state index in [2.05, 4.69) is 43.0 Å². The molecule has 0 unspecified atom stereocenters. The summed E-state index contributed by atoms with van der Waals surface area (Å²) in [5.41, 5.74) is 3.44. The van der Waals surface area contributed by atoms with Gasteiger partial charge in [-0.1, -0.05) is 61.1 Å². The van der Waals surface area contributed by atoms with E-state index in [1.165, 1.54) is 24.0 Å². The molecule has 0 radical (unpaired) electrons. The van der Waals surface area contributed by atoms with Crippen LogP contribution in [-0.2, 0) is 0 Å². The molecule has 19 heavy (non-hydrogen) atoms. The van der Waals surface area contributed by atoms with Crippen LogP contribution in [0.3, 0.4) is 0 Å². The molecule has 0 bridgehead atoms. The Hall–Kier alpha value is -1.71. The molecule has 0 aliphatic rings. The van der Waals surface area contributed by atoms with Crippen molar-refractivity contribution in [2.75, 3.05) is 0 Å². The molecule has 0 fully saturated rings. The van der Waals surface area contributed by atoms with E-state index in [-0.39, 0.29) is 0 Å². The number of benzene rings is 2. The van der Waals surface area contributed by atoms with Crippen molar-refractivity contribution < 1.29 is 0 Å². The van der Waals surface area contributed by atoms with E-state index < -0.39 is 0 Å². The zero-order chi connectivity index (χ0) is 13.5. The van der Waals surface area contributed by atoms with Gasteiger partial charge in [0.25, 0.3) is 0 Å². The van der Waals surface area contributed by atoms with Crippen LogP contribution >= 0.6 is 11.6 Å². The zero-order valence-electron chi connectivity index (χ0n) is 11.1. The van der Waals surface area contributed by atoms with Gasteiger partial charge in [-0.2, -0.15) is 0 Å². The van der Waals surface area contributed by atoms with Crippen LogP contribution in [0.1, 0.15) is 31.7 Å². The Balaban J connectivity index is 2.09. The zero-order valence-corrected chi connectivity index (χ0v) is 11.9. The number of halogens is 1. The van der Waals surface area contributed by atoms with E-state index in [1.54, 1.807) is 0 Å². The lowest BCUT2D eigenvalue weighted by atomic mass is 10.0. The molecule has 0 heterocycles. The summed E-state index contributed by atoms with van der Waals surface area (Å²) in [6.07, 6.45) is 3.36. The summed E-state index contributed by atoms with van der Waals surface area (Å²) in [7, 11) is 0. The minimum absolute atomic E-state index is 0.766. The lowest BCUT2D eigenvalue weighted by Crippen LogP contribution is -1.79. The van der Waals surface area contributed by atoms with Gasteiger partial charge in [-0.3, -0.25) is 0 Å². The van der Waals surface area contributed by atoms with Crippen molar-refractivity contribution >= 4 is 11.6 Å². The lowest BCUT2D eigenvalue weighted by molar-refractivity contribution is 0.828. The maximum atomic E-state index is 5.89. The molecule has 0 aliphatic carbocycles. The van der Waals surface area contributed by atoms with E-state index >= 15 is 0 Å². The van der Waals surface area contributed by atoms with Crippen molar-refractivity contribution in [2.45, 2.75) is 26.2 Å². The fourth-order valence-electron chi connectivity index (χ4n) is 1.82. The Bertz CT molecular complexity index is 568. The van der Waals surface area contributed by atoms with Crippen LogP contribution in [0.4, 0.5) is 0 Å². The third-order valence-electron chi connectivity index (χ3n) is 2.95. The van der Waals surface area contributed by atoms with E-state index in [9.17, 15) is 0 Å². The highest BCUT2D eigenvalue weighted by Gasteiger charge is 1.97. The molecular weight excluding hydrogens is 252 g/mol. The molecule has 0 amide bonds. The van der Waals surface area contributed by atoms with Crippen molar-refractivity contribution in [3.8, 4) is 23.0 Å². The summed E-state index contributed by atoms with van der Waals surface area (Å²) in [6, 6.07) is 16.2. The Kier molecular flexibility index (Phi) is 5.07.